The van der Waals surface area contributed by atoms with Gasteiger partial charge in [0.2, 0.25) is 5.91 Å². The van der Waals surface area contributed by atoms with Gasteiger partial charge < -0.3 is 4.90 Å². The van der Waals surface area contributed by atoms with Crippen molar-refractivity contribution in [2.45, 2.75) is 19.8 Å². The number of carbonyl (C=O) groups excluding carboxylic acids is 2. The molecule has 15 heavy (non-hydrogen) atoms. The summed E-state index contributed by atoms with van der Waals surface area (Å²) in [5, 5.41) is 0. The number of aryl methyl sites for hydroxylation is 1. The zero-order chi connectivity index (χ0) is 10.8. The van der Waals surface area contributed by atoms with Crippen LogP contribution in [0.25, 0.3) is 0 Å². The summed E-state index contributed by atoms with van der Waals surface area (Å²) in [6, 6.07) is 1.90. The maximum atomic E-state index is 11.6. The molecule has 0 N–H and O–H groups in total. The third-order valence-corrected chi connectivity index (χ3v) is 2.44. The quantitative estimate of drug-likeness (QED) is 0.643. The average Bonchev–Trinajstić information content (AvgIpc) is 2.17. The molecule has 0 saturated carbocycles. The molecule has 1 aliphatic heterocycles. The van der Waals surface area contributed by atoms with E-state index in [4.69, 9.17) is 0 Å². The maximum Gasteiger partial charge on any atom is 0.234 e. The van der Waals surface area contributed by atoms with Crippen molar-refractivity contribution in [2.24, 2.45) is 0 Å². The van der Waals surface area contributed by atoms with Gasteiger partial charge in [0, 0.05) is 19.2 Å². The van der Waals surface area contributed by atoms with Gasteiger partial charge in [0.25, 0.3) is 0 Å². The standard InChI is InChI=1S/C11H12N2O2/c1-8-4-9(7-12-6-8)13-3-2-10(14)5-11(13)15/h4,6-7H,2-3,5H2,1H3. The molecule has 1 aromatic heterocycles. The van der Waals surface area contributed by atoms with E-state index in [1.54, 1.807) is 17.3 Å². The number of hydrogen-bond donors (Lipinski definition) is 0. The summed E-state index contributed by atoms with van der Waals surface area (Å²) in [6.07, 6.45) is 3.86. The molecular formula is C11H12N2O2. The minimum absolute atomic E-state index is 0.0218. The number of carbonyl (C=O) groups is 2. The summed E-state index contributed by atoms with van der Waals surface area (Å²) in [5.41, 5.74) is 1.80. The van der Waals surface area contributed by atoms with Gasteiger partial charge in [0.15, 0.2) is 0 Å². The van der Waals surface area contributed by atoms with Crippen LogP contribution in [-0.2, 0) is 9.59 Å². The Morgan fingerprint density at radius 1 is 1.33 bits per heavy atom. The summed E-state index contributed by atoms with van der Waals surface area (Å²) < 4.78 is 0. The van der Waals surface area contributed by atoms with E-state index in [1.165, 1.54) is 0 Å². The Hall–Kier alpha value is -1.71. The first kappa shape index (κ1) is 9.83. The molecule has 1 fully saturated rings. The van der Waals surface area contributed by atoms with Crippen molar-refractivity contribution in [2.75, 3.05) is 11.4 Å². The Morgan fingerprint density at radius 2 is 2.13 bits per heavy atom. The molecule has 78 valence electrons. The summed E-state index contributed by atoms with van der Waals surface area (Å²) >= 11 is 0. The number of rotatable bonds is 1. The molecule has 2 heterocycles. The Balaban J connectivity index is 2.24. The molecule has 0 atom stereocenters. The Morgan fingerprint density at radius 3 is 2.80 bits per heavy atom. The van der Waals surface area contributed by atoms with Crippen LogP contribution in [-0.4, -0.2) is 23.2 Å². The van der Waals surface area contributed by atoms with Crippen LogP contribution in [0, 0.1) is 6.92 Å². The number of Topliss-reactive ketones (excluding diaryl/α,β-unsaturated/α-hetero) is 1. The van der Waals surface area contributed by atoms with Crippen molar-refractivity contribution in [1.82, 2.24) is 4.98 Å². The minimum Gasteiger partial charge on any atom is -0.310 e. The molecule has 2 rings (SSSR count). The summed E-state index contributed by atoms with van der Waals surface area (Å²) in [7, 11) is 0. The van der Waals surface area contributed by atoms with E-state index in [9.17, 15) is 9.59 Å². The molecule has 0 radical (unpaired) electrons. The van der Waals surface area contributed by atoms with Crippen LogP contribution < -0.4 is 4.90 Å². The molecule has 1 aliphatic rings. The van der Waals surface area contributed by atoms with Crippen molar-refractivity contribution in [3.05, 3.63) is 24.0 Å². The van der Waals surface area contributed by atoms with Crippen LogP contribution >= 0.6 is 0 Å². The monoisotopic (exact) mass is 204 g/mol. The third-order valence-electron chi connectivity index (χ3n) is 2.44. The molecule has 4 nitrogen and oxygen atoms in total. The van der Waals surface area contributed by atoms with E-state index in [0.29, 0.717) is 13.0 Å². The lowest BCUT2D eigenvalue weighted by Crippen LogP contribution is -2.39. The van der Waals surface area contributed by atoms with Gasteiger partial charge in [0.1, 0.15) is 5.78 Å². The zero-order valence-electron chi connectivity index (χ0n) is 8.56. The number of piperidine rings is 1. The van der Waals surface area contributed by atoms with Crippen LogP contribution in [0.15, 0.2) is 18.5 Å². The third kappa shape index (κ3) is 2.03. The van der Waals surface area contributed by atoms with Crippen LogP contribution in [0.1, 0.15) is 18.4 Å². The van der Waals surface area contributed by atoms with Gasteiger partial charge in [-0.25, -0.2) is 0 Å². The first-order valence-electron chi connectivity index (χ1n) is 4.90. The van der Waals surface area contributed by atoms with Crippen LogP contribution in [0.4, 0.5) is 5.69 Å². The van der Waals surface area contributed by atoms with Gasteiger partial charge in [0.05, 0.1) is 18.3 Å². The van der Waals surface area contributed by atoms with Gasteiger partial charge in [-0.3, -0.25) is 14.6 Å². The van der Waals surface area contributed by atoms with Crippen molar-refractivity contribution in [3.8, 4) is 0 Å². The van der Waals surface area contributed by atoms with E-state index >= 15 is 0 Å². The first-order chi connectivity index (χ1) is 7.16. The fourth-order valence-corrected chi connectivity index (χ4v) is 1.67. The molecule has 0 aromatic carbocycles. The molecule has 1 aromatic rings. The van der Waals surface area contributed by atoms with Gasteiger partial charge in [-0.05, 0) is 18.6 Å². The molecule has 0 unspecified atom stereocenters. The first-order valence-corrected chi connectivity index (χ1v) is 4.90. The number of nitrogens with zero attached hydrogens (tertiary/aromatic N) is 2. The van der Waals surface area contributed by atoms with Crippen molar-refractivity contribution in [3.63, 3.8) is 0 Å². The topological polar surface area (TPSA) is 50.3 Å². The van der Waals surface area contributed by atoms with Gasteiger partial charge in [-0.2, -0.15) is 0 Å². The summed E-state index contributed by atoms with van der Waals surface area (Å²) in [6.45, 7) is 2.40. The van der Waals surface area contributed by atoms with E-state index < -0.39 is 0 Å². The molecule has 1 saturated heterocycles. The van der Waals surface area contributed by atoms with E-state index in [-0.39, 0.29) is 18.1 Å². The molecule has 4 heteroatoms. The maximum absolute atomic E-state index is 11.6. The number of aromatic nitrogens is 1. The number of hydrogen-bond acceptors (Lipinski definition) is 3. The average molecular weight is 204 g/mol. The highest BCUT2D eigenvalue weighted by Gasteiger charge is 2.24. The second-order valence-corrected chi connectivity index (χ2v) is 3.73. The smallest absolute Gasteiger partial charge is 0.234 e. The highest BCUT2D eigenvalue weighted by Crippen LogP contribution is 2.19. The largest absolute Gasteiger partial charge is 0.310 e. The minimum atomic E-state index is -0.126. The highest BCUT2D eigenvalue weighted by atomic mass is 16.2. The molecule has 0 spiro atoms. The summed E-state index contributed by atoms with van der Waals surface area (Å²) in [5.74, 6) is -0.101. The molecule has 1 amide bonds. The van der Waals surface area contributed by atoms with E-state index in [1.807, 2.05) is 13.0 Å². The molecule has 0 bridgehead atoms. The lowest BCUT2D eigenvalue weighted by Gasteiger charge is -2.25. The Labute approximate surface area is 87.9 Å². The lowest BCUT2D eigenvalue weighted by atomic mass is 10.1. The van der Waals surface area contributed by atoms with Gasteiger partial charge in [-0.15, -0.1) is 0 Å². The van der Waals surface area contributed by atoms with Crippen molar-refractivity contribution >= 4 is 17.4 Å². The Kier molecular flexibility index (Phi) is 2.49. The molecular weight excluding hydrogens is 192 g/mol. The van der Waals surface area contributed by atoms with Gasteiger partial charge >= 0.3 is 0 Å². The van der Waals surface area contributed by atoms with Crippen LogP contribution in [0.2, 0.25) is 0 Å². The number of pyridine rings is 1. The van der Waals surface area contributed by atoms with Crippen LogP contribution in [0.3, 0.4) is 0 Å². The van der Waals surface area contributed by atoms with Crippen molar-refractivity contribution < 1.29 is 9.59 Å². The number of amides is 1. The number of anilines is 1. The Bertz CT molecular complexity index is 415. The van der Waals surface area contributed by atoms with E-state index in [2.05, 4.69) is 4.98 Å². The van der Waals surface area contributed by atoms with Crippen molar-refractivity contribution in [1.29, 1.82) is 0 Å². The van der Waals surface area contributed by atoms with Crippen LogP contribution in [0.5, 0.6) is 0 Å². The second kappa shape index (κ2) is 3.81. The normalized spacial score (nSPS) is 17.0. The lowest BCUT2D eigenvalue weighted by molar-refractivity contribution is -0.128. The SMILES string of the molecule is Cc1cncc(N2CCC(=O)CC2=O)c1. The van der Waals surface area contributed by atoms with Gasteiger partial charge in [-0.1, -0.05) is 0 Å². The predicted molar refractivity (Wildman–Crippen MR) is 55.6 cm³/mol. The summed E-state index contributed by atoms with van der Waals surface area (Å²) in [4.78, 5) is 28.3. The number of ketones is 1. The molecule has 0 aliphatic carbocycles. The second-order valence-electron chi connectivity index (χ2n) is 3.73. The fraction of sp³-hybridized carbons (Fsp3) is 0.364. The predicted octanol–water partition coefficient (Wildman–Crippen LogP) is 1.09. The zero-order valence-corrected chi connectivity index (χ0v) is 8.56. The fourth-order valence-electron chi connectivity index (χ4n) is 1.67. The highest BCUT2D eigenvalue weighted by molar-refractivity contribution is 6.08. The van der Waals surface area contributed by atoms with E-state index in [0.717, 1.165) is 11.3 Å².